The molecule has 1 aromatic carbocycles. The number of alkyl halides is 3. The number of aryl methyl sites for hydroxylation is 2. The van der Waals surface area contributed by atoms with Crippen molar-refractivity contribution in [1.82, 2.24) is 5.32 Å². The van der Waals surface area contributed by atoms with Gasteiger partial charge >= 0.3 is 12.1 Å². The maximum absolute atomic E-state index is 12.4. The van der Waals surface area contributed by atoms with E-state index in [1.807, 2.05) is 19.9 Å². The van der Waals surface area contributed by atoms with Gasteiger partial charge < -0.3 is 4.74 Å². The fraction of sp³-hybridized carbons (Fsp3) is 0.500. The molecule has 0 fully saturated rings. The SMILES string of the molecule is COC(=O)C(C)(NCC(F)(F)F)c1cc(C)cc(C)c1. The van der Waals surface area contributed by atoms with E-state index in [2.05, 4.69) is 10.1 Å². The van der Waals surface area contributed by atoms with E-state index in [4.69, 9.17) is 0 Å². The van der Waals surface area contributed by atoms with Crippen molar-refractivity contribution >= 4 is 5.97 Å². The third-order valence-corrected chi connectivity index (χ3v) is 3.04. The van der Waals surface area contributed by atoms with Crippen LogP contribution >= 0.6 is 0 Å². The highest BCUT2D eigenvalue weighted by Crippen LogP contribution is 2.26. The Morgan fingerprint density at radius 2 is 1.70 bits per heavy atom. The lowest BCUT2D eigenvalue weighted by Gasteiger charge is -2.29. The van der Waals surface area contributed by atoms with Gasteiger partial charge in [-0.3, -0.25) is 5.32 Å². The van der Waals surface area contributed by atoms with Crippen molar-refractivity contribution in [3.63, 3.8) is 0 Å². The normalized spacial score (nSPS) is 14.8. The summed E-state index contributed by atoms with van der Waals surface area (Å²) in [6.45, 7) is 3.75. The number of carbonyl (C=O) groups excluding carboxylic acids is 1. The summed E-state index contributed by atoms with van der Waals surface area (Å²) in [5.41, 5.74) is 0.639. The first kappa shape index (κ1) is 16.5. The molecule has 0 spiro atoms. The Kier molecular flexibility index (Phi) is 4.81. The van der Waals surface area contributed by atoms with Crippen LogP contribution < -0.4 is 5.32 Å². The zero-order chi connectivity index (χ0) is 15.6. The van der Waals surface area contributed by atoms with Crippen LogP contribution in [0.2, 0.25) is 0 Å². The second-order valence-electron chi connectivity index (χ2n) is 4.96. The van der Waals surface area contributed by atoms with Crippen LogP contribution in [0.3, 0.4) is 0 Å². The molecule has 112 valence electrons. The molecule has 0 saturated heterocycles. The van der Waals surface area contributed by atoms with Gasteiger partial charge in [-0.05, 0) is 26.3 Å². The van der Waals surface area contributed by atoms with Crippen molar-refractivity contribution in [2.24, 2.45) is 0 Å². The summed E-state index contributed by atoms with van der Waals surface area (Å²) in [5.74, 6) is -0.758. The molecule has 1 unspecified atom stereocenters. The van der Waals surface area contributed by atoms with E-state index in [0.29, 0.717) is 5.56 Å². The molecule has 0 bridgehead atoms. The Hall–Kier alpha value is -1.56. The largest absolute Gasteiger partial charge is 0.467 e. The van der Waals surface area contributed by atoms with Crippen LogP contribution in [0.1, 0.15) is 23.6 Å². The quantitative estimate of drug-likeness (QED) is 0.866. The van der Waals surface area contributed by atoms with Crippen molar-refractivity contribution in [3.05, 3.63) is 34.9 Å². The summed E-state index contributed by atoms with van der Waals surface area (Å²) >= 11 is 0. The van der Waals surface area contributed by atoms with Crippen LogP contribution in [0.15, 0.2) is 18.2 Å². The van der Waals surface area contributed by atoms with Gasteiger partial charge in [0.05, 0.1) is 13.7 Å². The van der Waals surface area contributed by atoms with Gasteiger partial charge in [0.2, 0.25) is 0 Å². The number of methoxy groups -OCH3 is 1. The highest BCUT2D eigenvalue weighted by atomic mass is 19.4. The molecule has 0 saturated carbocycles. The lowest BCUT2D eigenvalue weighted by Crippen LogP contribution is -2.50. The summed E-state index contributed by atoms with van der Waals surface area (Å²) < 4.78 is 41.9. The van der Waals surface area contributed by atoms with E-state index < -0.39 is 24.2 Å². The lowest BCUT2D eigenvalue weighted by atomic mass is 9.89. The molecular weight excluding hydrogens is 271 g/mol. The van der Waals surface area contributed by atoms with Gasteiger partial charge in [-0.15, -0.1) is 0 Å². The zero-order valence-electron chi connectivity index (χ0n) is 11.9. The van der Waals surface area contributed by atoms with E-state index in [0.717, 1.165) is 18.2 Å². The Morgan fingerprint density at radius 1 is 1.20 bits per heavy atom. The molecule has 1 aromatic rings. The summed E-state index contributed by atoms with van der Waals surface area (Å²) in [6.07, 6.45) is -4.41. The number of rotatable bonds is 4. The number of ether oxygens (including phenoxy) is 1. The van der Waals surface area contributed by atoms with Crippen LogP contribution in [-0.2, 0) is 15.1 Å². The third kappa shape index (κ3) is 3.96. The number of benzene rings is 1. The predicted molar refractivity (Wildman–Crippen MR) is 69.3 cm³/mol. The summed E-state index contributed by atoms with van der Waals surface area (Å²) in [5, 5.41) is 2.26. The number of hydrogen-bond donors (Lipinski definition) is 1. The Labute approximate surface area is 116 Å². The molecule has 0 radical (unpaired) electrons. The third-order valence-electron chi connectivity index (χ3n) is 3.04. The van der Waals surface area contributed by atoms with Crippen LogP contribution in [-0.4, -0.2) is 25.8 Å². The van der Waals surface area contributed by atoms with Crippen molar-refractivity contribution in [3.8, 4) is 0 Å². The van der Waals surface area contributed by atoms with Crippen molar-refractivity contribution in [2.75, 3.05) is 13.7 Å². The molecule has 1 rings (SSSR count). The molecule has 0 heterocycles. The van der Waals surface area contributed by atoms with Gasteiger partial charge in [0.1, 0.15) is 5.54 Å². The zero-order valence-corrected chi connectivity index (χ0v) is 11.9. The number of nitrogens with one attached hydrogen (secondary N) is 1. The van der Waals surface area contributed by atoms with Crippen molar-refractivity contribution in [1.29, 1.82) is 0 Å². The standard InChI is InChI=1S/C14H18F3NO2/c1-9-5-10(2)7-11(6-9)13(3,12(19)20-4)18-8-14(15,16)17/h5-7,18H,8H2,1-4H3. The fourth-order valence-electron chi connectivity index (χ4n) is 2.04. The highest BCUT2D eigenvalue weighted by Gasteiger charge is 2.40. The smallest absolute Gasteiger partial charge is 0.401 e. The second kappa shape index (κ2) is 5.83. The minimum atomic E-state index is -4.41. The van der Waals surface area contributed by atoms with Crippen LogP contribution in [0.5, 0.6) is 0 Å². The van der Waals surface area contributed by atoms with E-state index in [1.54, 1.807) is 12.1 Å². The van der Waals surface area contributed by atoms with E-state index in [9.17, 15) is 18.0 Å². The molecule has 0 amide bonds. The average Bonchev–Trinajstić information content (AvgIpc) is 2.32. The number of halogens is 3. The van der Waals surface area contributed by atoms with Crippen LogP contribution in [0.25, 0.3) is 0 Å². The first-order valence-corrected chi connectivity index (χ1v) is 6.07. The fourth-order valence-corrected chi connectivity index (χ4v) is 2.04. The van der Waals surface area contributed by atoms with Gasteiger partial charge in [0.15, 0.2) is 0 Å². The molecule has 1 atom stereocenters. The van der Waals surface area contributed by atoms with Gasteiger partial charge in [-0.1, -0.05) is 29.3 Å². The minimum Gasteiger partial charge on any atom is -0.467 e. The van der Waals surface area contributed by atoms with E-state index in [-0.39, 0.29) is 0 Å². The maximum Gasteiger partial charge on any atom is 0.401 e. The van der Waals surface area contributed by atoms with Crippen LogP contribution in [0.4, 0.5) is 13.2 Å². The van der Waals surface area contributed by atoms with E-state index >= 15 is 0 Å². The Morgan fingerprint density at radius 3 is 2.10 bits per heavy atom. The van der Waals surface area contributed by atoms with Crippen molar-refractivity contribution in [2.45, 2.75) is 32.5 Å². The number of esters is 1. The van der Waals surface area contributed by atoms with Gasteiger partial charge in [-0.25, -0.2) is 4.79 Å². The topological polar surface area (TPSA) is 38.3 Å². The molecule has 3 nitrogen and oxygen atoms in total. The van der Waals surface area contributed by atoms with Crippen LogP contribution in [0, 0.1) is 13.8 Å². The number of hydrogen-bond acceptors (Lipinski definition) is 3. The molecular formula is C14H18F3NO2. The first-order chi connectivity index (χ1) is 9.08. The average molecular weight is 289 g/mol. The predicted octanol–water partition coefficient (Wildman–Crippen LogP) is 2.84. The summed E-state index contributed by atoms with van der Waals surface area (Å²) in [7, 11) is 1.15. The van der Waals surface area contributed by atoms with Gasteiger partial charge in [0, 0.05) is 0 Å². The van der Waals surface area contributed by atoms with E-state index in [1.165, 1.54) is 6.92 Å². The monoisotopic (exact) mass is 289 g/mol. The molecule has 20 heavy (non-hydrogen) atoms. The summed E-state index contributed by atoms with van der Waals surface area (Å²) in [6, 6.07) is 5.23. The second-order valence-corrected chi connectivity index (χ2v) is 4.96. The maximum atomic E-state index is 12.4. The molecule has 1 N–H and O–H groups in total. The Balaban J connectivity index is 3.20. The first-order valence-electron chi connectivity index (χ1n) is 6.07. The number of carbonyl (C=O) groups is 1. The van der Waals surface area contributed by atoms with Gasteiger partial charge in [0.25, 0.3) is 0 Å². The Bertz CT molecular complexity index is 479. The molecule has 0 aliphatic heterocycles. The molecule has 0 aromatic heterocycles. The minimum absolute atomic E-state index is 0.450. The van der Waals surface area contributed by atoms with Gasteiger partial charge in [-0.2, -0.15) is 13.2 Å². The molecule has 0 aliphatic carbocycles. The molecule has 0 aliphatic rings. The molecule has 6 heteroatoms. The summed E-state index contributed by atoms with van der Waals surface area (Å²) in [4.78, 5) is 11.9. The lowest BCUT2D eigenvalue weighted by molar-refractivity contribution is -0.153. The van der Waals surface area contributed by atoms with Crippen molar-refractivity contribution < 1.29 is 22.7 Å². The highest BCUT2D eigenvalue weighted by molar-refractivity contribution is 5.82.